The standard InChI is InChI=1S/C14H20BrOS/c1-3-9-17(10-4-2)11-14(16)12-5-7-13(15)8-6-12/h5-8H,3-4,9-11H2,1-2H3/q+1. The quantitative estimate of drug-likeness (QED) is 0.547. The van der Waals surface area contributed by atoms with Crippen molar-refractivity contribution in [1.29, 1.82) is 0 Å². The van der Waals surface area contributed by atoms with E-state index in [0.29, 0.717) is 5.78 Å². The Kier molecular flexibility index (Phi) is 6.90. The molecule has 1 rings (SSSR count). The highest BCUT2D eigenvalue weighted by Crippen LogP contribution is 2.13. The number of carbonyl (C=O) groups excluding carboxylic acids is 1. The van der Waals surface area contributed by atoms with Crippen LogP contribution in [0.5, 0.6) is 0 Å². The van der Waals surface area contributed by atoms with Crippen LogP contribution in [0.15, 0.2) is 28.7 Å². The normalized spacial score (nSPS) is 10.8. The summed E-state index contributed by atoms with van der Waals surface area (Å²) in [5, 5.41) is 0. The maximum atomic E-state index is 12.1. The van der Waals surface area contributed by atoms with E-state index in [1.807, 2.05) is 24.3 Å². The summed E-state index contributed by atoms with van der Waals surface area (Å²) in [6.07, 6.45) is 2.35. The molecular weight excluding hydrogens is 296 g/mol. The van der Waals surface area contributed by atoms with Crippen LogP contribution in [0.25, 0.3) is 0 Å². The first-order chi connectivity index (χ1) is 8.17. The highest BCUT2D eigenvalue weighted by molar-refractivity contribution is 9.10. The van der Waals surface area contributed by atoms with E-state index in [1.54, 1.807) is 0 Å². The molecule has 0 radical (unpaired) electrons. The van der Waals surface area contributed by atoms with Gasteiger partial charge in [0.2, 0.25) is 5.78 Å². The van der Waals surface area contributed by atoms with Crippen LogP contribution in [0.2, 0.25) is 0 Å². The first kappa shape index (κ1) is 14.8. The molecule has 94 valence electrons. The van der Waals surface area contributed by atoms with Gasteiger partial charge in [0, 0.05) is 10.0 Å². The molecule has 0 N–H and O–H groups in total. The van der Waals surface area contributed by atoms with Gasteiger partial charge in [-0.2, -0.15) is 0 Å². The smallest absolute Gasteiger partial charge is 0.211 e. The Morgan fingerprint density at radius 1 is 1.12 bits per heavy atom. The molecule has 0 bridgehead atoms. The molecule has 1 aromatic carbocycles. The van der Waals surface area contributed by atoms with Gasteiger partial charge in [0.1, 0.15) is 11.5 Å². The summed E-state index contributed by atoms with van der Waals surface area (Å²) in [7, 11) is 0.278. The lowest BCUT2D eigenvalue weighted by Crippen LogP contribution is -2.22. The van der Waals surface area contributed by atoms with E-state index < -0.39 is 0 Å². The molecule has 1 aromatic rings. The Labute approximate surface area is 115 Å². The second-order valence-electron chi connectivity index (χ2n) is 4.10. The number of hydrogen-bond acceptors (Lipinski definition) is 1. The van der Waals surface area contributed by atoms with E-state index in [1.165, 1.54) is 24.3 Å². The number of rotatable bonds is 7. The number of hydrogen-bond donors (Lipinski definition) is 0. The van der Waals surface area contributed by atoms with Crippen LogP contribution < -0.4 is 0 Å². The molecule has 3 heteroatoms. The molecule has 17 heavy (non-hydrogen) atoms. The molecular formula is C14H20BrOS+. The van der Waals surface area contributed by atoms with E-state index in [9.17, 15) is 4.79 Å². The molecule has 0 unspecified atom stereocenters. The van der Waals surface area contributed by atoms with Crippen LogP contribution >= 0.6 is 15.9 Å². The van der Waals surface area contributed by atoms with E-state index in [-0.39, 0.29) is 10.9 Å². The zero-order chi connectivity index (χ0) is 12.7. The summed E-state index contributed by atoms with van der Waals surface area (Å²) in [5.74, 6) is 3.40. The van der Waals surface area contributed by atoms with Crippen molar-refractivity contribution in [2.45, 2.75) is 26.7 Å². The van der Waals surface area contributed by atoms with Crippen LogP contribution in [-0.2, 0) is 10.9 Å². The Bertz CT molecular complexity index is 342. The highest BCUT2D eigenvalue weighted by atomic mass is 79.9. The summed E-state index contributed by atoms with van der Waals surface area (Å²) >= 11 is 3.39. The zero-order valence-corrected chi connectivity index (χ0v) is 12.9. The lowest BCUT2D eigenvalue weighted by Gasteiger charge is -2.06. The fourth-order valence-corrected chi connectivity index (χ4v) is 4.18. The summed E-state index contributed by atoms with van der Waals surface area (Å²) < 4.78 is 1.02. The largest absolute Gasteiger partial charge is 0.289 e. The lowest BCUT2D eigenvalue weighted by atomic mass is 10.2. The van der Waals surface area contributed by atoms with Crippen LogP contribution in [0.3, 0.4) is 0 Å². The fraction of sp³-hybridized carbons (Fsp3) is 0.500. The van der Waals surface area contributed by atoms with Crippen LogP contribution in [0.1, 0.15) is 37.0 Å². The lowest BCUT2D eigenvalue weighted by molar-refractivity contribution is 0.102. The summed E-state index contributed by atoms with van der Waals surface area (Å²) in [6, 6.07) is 7.69. The number of carbonyl (C=O) groups is 1. The minimum Gasteiger partial charge on any atom is -0.289 e. The van der Waals surface area contributed by atoms with Gasteiger partial charge >= 0.3 is 0 Å². The first-order valence-corrected chi connectivity index (χ1v) is 8.62. The second-order valence-corrected chi connectivity index (χ2v) is 7.34. The molecule has 0 fully saturated rings. The van der Waals surface area contributed by atoms with Gasteiger partial charge in [-0.15, -0.1) is 0 Å². The summed E-state index contributed by atoms with van der Waals surface area (Å²) in [5.41, 5.74) is 0.845. The highest BCUT2D eigenvalue weighted by Gasteiger charge is 2.21. The van der Waals surface area contributed by atoms with Crippen LogP contribution in [0.4, 0.5) is 0 Å². The van der Waals surface area contributed by atoms with Crippen LogP contribution in [-0.4, -0.2) is 23.0 Å². The molecule has 0 aliphatic rings. The van der Waals surface area contributed by atoms with Crippen molar-refractivity contribution in [3.8, 4) is 0 Å². The molecule has 1 nitrogen and oxygen atoms in total. The minimum absolute atomic E-state index is 0.278. The van der Waals surface area contributed by atoms with Gasteiger partial charge in [-0.3, -0.25) is 4.79 Å². The number of Topliss-reactive ketones (excluding diaryl/α,β-unsaturated/α-hetero) is 1. The van der Waals surface area contributed by atoms with Gasteiger partial charge in [-0.05, 0) is 35.9 Å². The molecule has 0 atom stereocenters. The maximum Gasteiger partial charge on any atom is 0.211 e. The monoisotopic (exact) mass is 315 g/mol. The van der Waals surface area contributed by atoms with Crippen molar-refractivity contribution in [2.24, 2.45) is 0 Å². The Hall–Kier alpha value is -0.280. The molecule has 0 aliphatic carbocycles. The SMILES string of the molecule is CCC[S+](CCC)CC(=O)c1ccc(Br)cc1. The maximum absolute atomic E-state index is 12.1. The second kappa shape index (κ2) is 7.93. The van der Waals surface area contributed by atoms with Gasteiger partial charge < -0.3 is 0 Å². The van der Waals surface area contributed by atoms with E-state index in [0.717, 1.165) is 15.8 Å². The van der Waals surface area contributed by atoms with Crippen molar-refractivity contribution >= 4 is 32.6 Å². The van der Waals surface area contributed by atoms with Crippen LogP contribution in [0, 0.1) is 0 Å². The topological polar surface area (TPSA) is 17.1 Å². The van der Waals surface area contributed by atoms with Crippen molar-refractivity contribution in [3.63, 3.8) is 0 Å². The predicted octanol–water partition coefficient (Wildman–Crippen LogP) is 4.07. The average Bonchev–Trinajstić information content (AvgIpc) is 2.30. The molecule has 0 saturated carbocycles. The Morgan fingerprint density at radius 2 is 1.65 bits per heavy atom. The average molecular weight is 316 g/mol. The zero-order valence-electron chi connectivity index (χ0n) is 10.5. The third kappa shape index (κ3) is 5.26. The molecule has 0 heterocycles. The van der Waals surface area contributed by atoms with Gasteiger partial charge in [0.25, 0.3) is 0 Å². The fourth-order valence-electron chi connectivity index (χ4n) is 1.73. The van der Waals surface area contributed by atoms with Gasteiger partial charge in [0.05, 0.1) is 0 Å². The number of ketones is 1. The van der Waals surface area contributed by atoms with Crippen molar-refractivity contribution in [2.75, 3.05) is 17.3 Å². The summed E-state index contributed by atoms with van der Waals surface area (Å²) in [6.45, 7) is 4.39. The predicted molar refractivity (Wildman–Crippen MR) is 81.0 cm³/mol. The third-order valence-corrected chi connectivity index (χ3v) is 5.66. The first-order valence-electron chi connectivity index (χ1n) is 6.10. The Balaban J connectivity index is 2.60. The summed E-state index contributed by atoms with van der Waals surface area (Å²) in [4.78, 5) is 12.1. The molecule has 0 amide bonds. The van der Waals surface area contributed by atoms with Gasteiger partial charge in [-0.25, -0.2) is 0 Å². The van der Waals surface area contributed by atoms with E-state index in [2.05, 4.69) is 29.8 Å². The van der Waals surface area contributed by atoms with Crippen molar-refractivity contribution < 1.29 is 4.79 Å². The van der Waals surface area contributed by atoms with E-state index >= 15 is 0 Å². The molecule has 0 aliphatic heterocycles. The number of benzene rings is 1. The molecule has 0 saturated heterocycles. The third-order valence-electron chi connectivity index (χ3n) is 2.49. The van der Waals surface area contributed by atoms with Gasteiger partial charge in [-0.1, -0.05) is 41.9 Å². The molecule has 0 spiro atoms. The Morgan fingerprint density at radius 3 is 2.12 bits per heavy atom. The molecule has 0 aromatic heterocycles. The van der Waals surface area contributed by atoms with Crippen molar-refractivity contribution in [3.05, 3.63) is 34.3 Å². The number of halogens is 1. The minimum atomic E-state index is 0.278. The van der Waals surface area contributed by atoms with Gasteiger partial charge in [0.15, 0.2) is 5.75 Å². The van der Waals surface area contributed by atoms with E-state index in [4.69, 9.17) is 0 Å². The van der Waals surface area contributed by atoms with Crippen molar-refractivity contribution in [1.82, 2.24) is 0 Å².